The number of aromatic nitrogens is 1. The largest absolute Gasteiger partial charge is 0.394 e. The number of benzene rings is 1. The van der Waals surface area contributed by atoms with Crippen molar-refractivity contribution < 1.29 is 5.11 Å². The van der Waals surface area contributed by atoms with Crippen LogP contribution in [0.3, 0.4) is 0 Å². The van der Waals surface area contributed by atoms with Crippen LogP contribution in [0.5, 0.6) is 0 Å². The molecule has 21 heavy (non-hydrogen) atoms. The molecule has 1 aromatic heterocycles. The van der Waals surface area contributed by atoms with Crippen molar-refractivity contribution >= 4 is 10.9 Å². The average molecular weight is 284 g/mol. The molecule has 0 spiro atoms. The van der Waals surface area contributed by atoms with Crippen molar-refractivity contribution in [2.75, 3.05) is 6.61 Å². The van der Waals surface area contributed by atoms with Crippen LogP contribution < -0.4 is 5.32 Å². The molecule has 3 nitrogen and oxygen atoms in total. The number of aliphatic hydroxyl groups excluding tert-OH is 1. The smallest absolute Gasteiger partial charge is 0.0702 e. The van der Waals surface area contributed by atoms with Crippen LogP contribution in [-0.4, -0.2) is 22.7 Å². The Morgan fingerprint density at radius 3 is 2.71 bits per heavy atom. The molecule has 1 heterocycles. The van der Waals surface area contributed by atoms with Gasteiger partial charge in [-0.15, -0.1) is 0 Å². The van der Waals surface area contributed by atoms with Crippen molar-refractivity contribution in [3.05, 3.63) is 42.1 Å². The Morgan fingerprint density at radius 1 is 1.14 bits per heavy atom. The fraction of sp³-hybridized carbons (Fsp3) is 0.500. The standard InChI is InChI=1S/C18H24N2O/c21-13-18(20-16-7-3-1-2-4-8-16)15-9-10-17-14(12-15)6-5-11-19-17/h5-6,9-12,16,18,20-21H,1-4,7-8,13H2. The van der Waals surface area contributed by atoms with Gasteiger partial charge in [0.25, 0.3) is 0 Å². The zero-order valence-corrected chi connectivity index (χ0v) is 12.5. The molecule has 0 radical (unpaired) electrons. The first-order chi connectivity index (χ1) is 10.4. The minimum atomic E-state index is 0.0257. The van der Waals surface area contributed by atoms with Crippen LogP contribution in [0.25, 0.3) is 10.9 Å². The number of nitrogens with zero attached hydrogens (tertiary/aromatic N) is 1. The van der Waals surface area contributed by atoms with Gasteiger partial charge in [-0.05, 0) is 36.6 Å². The molecule has 2 aromatic rings. The second kappa shape index (κ2) is 7.01. The van der Waals surface area contributed by atoms with Crippen molar-refractivity contribution in [2.24, 2.45) is 0 Å². The number of hydrogen-bond donors (Lipinski definition) is 2. The molecular weight excluding hydrogens is 260 g/mol. The van der Waals surface area contributed by atoms with Crippen molar-refractivity contribution in [1.29, 1.82) is 0 Å². The summed E-state index contributed by atoms with van der Waals surface area (Å²) in [6.07, 6.45) is 9.58. The molecule has 1 aliphatic carbocycles. The average Bonchev–Trinajstić information content (AvgIpc) is 2.81. The minimum absolute atomic E-state index is 0.0257. The van der Waals surface area contributed by atoms with Gasteiger partial charge in [0.1, 0.15) is 0 Å². The van der Waals surface area contributed by atoms with Crippen molar-refractivity contribution in [3.8, 4) is 0 Å². The van der Waals surface area contributed by atoms with Crippen LogP contribution in [0, 0.1) is 0 Å². The van der Waals surface area contributed by atoms with E-state index < -0.39 is 0 Å². The summed E-state index contributed by atoms with van der Waals surface area (Å²) in [6, 6.07) is 10.9. The lowest BCUT2D eigenvalue weighted by molar-refractivity contribution is 0.228. The highest BCUT2D eigenvalue weighted by Gasteiger charge is 2.18. The van der Waals surface area contributed by atoms with E-state index in [1.165, 1.54) is 38.5 Å². The molecule has 1 unspecified atom stereocenters. The normalized spacial score (nSPS) is 18.5. The molecule has 1 aliphatic rings. The molecule has 2 N–H and O–H groups in total. The van der Waals surface area contributed by atoms with Crippen LogP contribution in [0.1, 0.15) is 50.1 Å². The topological polar surface area (TPSA) is 45.1 Å². The molecule has 1 atom stereocenters. The Balaban J connectivity index is 1.77. The highest BCUT2D eigenvalue weighted by atomic mass is 16.3. The van der Waals surface area contributed by atoms with Gasteiger partial charge in [-0.3, -0.25) is 4.98 Å². The highest BCUT2D eigenvalue weighted by Crippen LogP contribution is 2.23. The van der Waals surface area contributed by atoms with E-state index in [0.29, 0.717) is 6.04 Å². The van der Waals surface area contributed by atoms with E-state index in [2.05, 4.69) is 28.5 Å². The number of fused-ring (bicyclic) bond motifs is 1. The lowest BCUT2D eigenvalue weighted by Crippen LogP contribution is -2.34. The summed E-state index contributed by atoms with van der Waals surface area (Å²) in [6.45, 7) is 0.141. The maximum absolute atomic E-state index is 9.77. The highest BCUT2D eigenvalue weighted by molar-refractivity contribution is 5.79. The lowest BCUT2D eigenvalue weighted by Gasteiger charge is -2.24. The Hall–Kier alpha value is -1.45. The van der Waals surface area contributed by atoms with E-state index in [0.717, 1.165) is 16.5 Å². The molecule has 1 fully saturated rings. The van der Waals surface area contributed by atoms with E-state index in [9.17, 15) is 5.11 Å². The van der Waals surface area contributed by atoms with Crippen molar-refractivity contribution in [2.45, 2.75) is 50.6 Å². The SMILES string of the molecule is OCC(NC1CCCCCC1)c1ccc2ncccc2c1. The quantitative estimate of drug-likeness (QED) is 0.844. The molecule has 1 aromatic carbocycles. The zero-order valence-electron chi connectivity index (χ0n) is 12.5. The van der Waals surface area contributed by atoms with E-state index in [-0.39, 0.29) is 12.6 Å². The number of nitrogens with one attached hydrogen (secondary N) is 1. The van der Waals surface area contributed by atoms with Gasteiger partial charge in [0, 0.05) is 17.6 Å². The van der Waals surface area contributed by atoms with Gasteiger partial charge in [-0.2, -0.15) is 0 Å². The molecule has 0 saturated heterocycles. The summed E-state index contributed by atoms with van der Waals surface area (Å²) in [4.78, 5) is 4.35. The van der Waals surface area contributed by atoms with Crippen LogP contribution in [-0.2, 0) is 0 Å². The summed E-state index contributed by atoms with van der Waals surface area (Å²) in [5, 5.41) is 14.6. The van der Waals surface area contributed by atoms with Crippen LogP contribution >= 0.6 is 0 Å². The van der Waals surface area contributed by atoms with Crippen LogP contribution in [0.2, 0.25) is 0 Å². The third-order valence-electron chi connectivity index (χ3n) is 4.50. The third kappa shape index (κ3) is 3.60. The van der Waals surface area contributed by atoms with Crippen LogP contribution in [0.4, 0.5) is 0 Å². The Kier molecular flexibility index (Phi) is 4.84. The Labute approximate surface area is 126 Å². The first-order valence-electron chi connectivity index (χ1n) is 8.08. The zero-order chi connectivity index (χ0) is 14.5. The van der Waals surface area contributed by atoms with Gasteiger partial charge in [-0.25, -0.2) is 0 Å². The molecule has 3 rings (SSSR count). The van der Waals surface area contributed by atoms with E-state index in [1.54, 1.807) is 0 Å². The summed E-state index contributed by atoms with van der Waals surface area (Å²) >= 11 is 0. The molecular formula is C18H24N2O. The first kappa shape index (κ1) is 14.5. The Bertz CT molecular complexity index is 576. The second-order valence-corrected chi connectivity index (χ2v) is 6.05. The second-order valence-electron chi connectivity index (χ2n) is 6.05. The first-order valence-corrected chi connectivity index (χ1v) is 8.08. The molecule has 0 bridgehead atoms. The summed E-state index contributed by atoms with van der Waals surface area (Å²) in [7, 11) is 0. The maximum atomic E-state index is 9.77. The lowest BCUT2D eigenvalue weighted by atomic mass is 10.0. The minimum Gasteiger partial charge on any atom is -0.394 e. The van der Waals surface area contributed by atoms with E-state index in [4.69, 9.17) is 0 Å². The molecule has 0 aliphatic heterocycles. The molecule has 0 amide bonds. The maximum Gasteiger partial charge on any atom is 0.0702 e. The number of aliphatic hydroxyl groups is 1. The predicted molar refractivity (Wildman–Crippen MR) is 86.2 cm³/mol. The van der Waals surface area contributed by atoms with Crippen molar-refractivity contribution in [3.63, 3.8) is 0 Å². The summed E-state index contributed by atoms with van der Waals surface area (Å²) in [5.74, 6) is 0. The van der Waals surface area contributed by atoms with Crippen molar-refractivity contribution in [1.82, 2.24) is 10.3 Å². The fourth-order valence-electron chi connectivity index (χ4n) is 3.30. The fourth-order valence-corrected chi connectivity index (χ4v) is 3.30. The third-order valence-corrected chi connectivity index (χ3v) is 4.50. The Morgan fingerprint density at radius 2 is 1.95 bits per heavy atom. The number of pyridine rings is 1. The van der Waals surface area contributed by atoms with Gasteiger partial charge < -0.3 is 10.4 Å². The van der Waals surface area contributed by atoms with Gasteiger partial charge in [0.2, 0.25) is 0 Å². The number of hydrogen-bond acceptors (Lipinski definition) is 3. The van der Waals surface area contributed by atoms with E-state index in [1.807, 2.05) is 18.3 Å². The van der Waals surface area contributed by atoms with Gasteiger partial charge in [0.15, 0.2) is 0 Å². The van der Waals surface area contributed by atoms with Gasteiger partial charge in [0.05, 0.1) is 18.2 Å². The van der Waals surface area contributed by atoms with Gasteiger partial charge >= 0.3 is 0 Å². The summed E-state index contributed by atoms with van der Waals surface area (Å²) in [5.41, 5.74) is 2.16. The molecule has 1 saturated carbocycles. The summed E-state index contributed by atoms with van der Waals surface area (Å²) < 4.78 is 0. The number of rotatable bonds is 4. The predicted octanol–water partition coefficient (Wildman–Crippen LogP) is 3.58. The monoisotopic (exact) mass is 284 g/mol. The van der Waals surface area contributed by atoms with E-state index >= 15 is 0 Å². The molecule has 3 heteroatoms. The molecule has 112 valence electrons. The van der Waals surface area contributed by atoms with Gasteiger partial charge in [-0.1, -0.05) is 37.8 Å². The van der Waals surface area contributed by atoms with Crippen LogP contribution in [0.15, 0.2) is 36.5 Å².